The van der Waals surface area contributed by atoms with Crippen molar-refractivity contribution in [3.63, 3.8) is 0 Å². The molecule has 0 aliphatic carbocycles. The van der Waals surface area contributed by atoms with Crippen LogP contribution in [0.1, 0.15) is 18.9 Å². The number of nitrogens with one attached hydrogen (secondary N) is 2. The Bertz CT molecular complexity index is 582. The smallest absolute Gasteiger partial charge is 0.124 e. The lowest BCUT2D eigenvalue weighted by Gasteiger charge is -2.14. The molecule has 4 nitrogen and oxygen atoms in total. The molecule has 0 saturated carbocycles. The molecule has 0 saturated heterocycles. The molecule has 0 aromatic heterocycles. The zero-order valence-corrected chi connectivity index (χ0v) is 15.7. The molecule has 0 amide bonds. The van der Waals surface area contributed by atoms with E-state index < -0.39 is 0 Å². The summed E-state index contributed by atoms with van der Waals surface area (Å²) in [7, 11) is 0. The highest BCUT2D eigenvalue weighted by atomic mass is 35.5. The Hall–Kier alpha value is -1.04. The molecule has 0 aliphatic heterocycles. The van der Waals surface area contributed by atoms with Crippen LogP contribution in [0.25, 0.3) is 10.8 Å². The third-order valence-electron chi connectivity index (χ3n) is 3.59. The van der Waals surface area contributed by atoms with Gasteiger partial charge in [-0.15, -0.1) is 24.8 Å². The molecular formula is C18H28Cl2N2O2. The maximum Gasteiger partial charge on any atom is 0.124 e. The highest BCUT2D eigenvalue weighted by molar-refractivity contribution is 5.87. The van der Waals surface area contributed by atoms with Gasteiger partial charge < -0.3 is 20.5 Å². The van der Waals surface area contributed by atoms with Gasteiger partial charge in [-0.1, -0.05) is 30.3 Å². The van der Waals surface area contributed by atoms with Gasteiger partial charge in [-0.25, -0.2) is 0 Å². The second-order valence-electron chi connectivity index (χ2n) is 5.20. The molecule has 2 aromatic rings. The second kappa shape index (κ2) is 13.3. The first kappa shape index (κ1) is 23.0. The summed E-state index contributed by atoms with van der Waals surface area (Å²) in [6, 6.07) is 12.6. The molecule has 0 aliphatic rings. The van der Waals surface area contributed by atoms with Crippen LogP contribution in [0, 0.1) is 0 Å². The van der Waals surface area contributed by atoms with Gasteiger partial charge in [0.05, 0.1) is 13.2 Å². The van der Waals surface area contributed by atoms with Gasteiger partial charge in [-0.3, -0.25) is 0 Å². The van der Waals surface area contributed by atoms with Crippen LogP contribution in [-0.4, -0.2) is 38.0 Å². The van der Waals surface area contributed by atoms with Crippen LogP contribution in [0.3, 0.4) is 0 Å². The van der Waals surface area contributed by atoms with E-state index in [1.54, 1.807) is 0 Å². The van der Waals surface area contributed by atoms with Crippen molar-refractivity contribution in [1.82, 2.24) is 10.6 Å². The van der Waals surface area contributed by atoms with Gasteiger partial charge in [0.25, 0.3) is 0 Å². The van der Waals surface area contributed by atoms with E-state index in [9.17, 15) is 0 Å². The summed E-state index contributed by atoms with van der Waals surface area (Å²) < 4.78 is 5.78. The van der Waals surface area contributed by atoms with Crippen LogP contribution < -0.4 is 15.4 Å². The Balaban J connectivity index is 0.00000264. The van der Waals surface area contributed by atoms with Crippen molar-refractivity contribution in [2.24, 2.45) is 0 Å². The first-order chi connectivity index (χ1) is 10.9. The van der Waals surface area contributed by atoms with Gasteiger partial charge in [-0.05, 0) is 43.3 Å². The van der Waals surface area contributed by atoms with E-state index in [0.29, 0.717) is 13.2 Å². The SMILES string of the molecule is CCOc1ccc2ccccc2c1CNCCCNCCO.Cl.Cl. The van der Waals surface area contributed by atoms with Crippen LogP contribution in [0.2, 0.25) is 0 Å². The first-order valence-corrected chi connectivity index (χ1v) is 8.02. The Morgan fingerprint density at radius 3 is 2.46 bits per heavy atom. The van der Waals surface area contributed by atoms with Crippen molar-refractivity contribution in [2.75, 3.05) is 32.8 Å². The summed E-state index contributed by atoms with van der Waals surface area (Å²) in [6.45, 7) is 6.21. The van der Waals surface area contributed by atoms with Gasteiger partial charge in [-0.2, -0.15) is 0 Å². The quantitative estimate of drug-likeness (QED) is 0.559. The van der Waals surface area contributed by atoms with Gasteiger partial charge in [0.1, 0.15) is 5.75 Å². The molecule has 0 atom stereocenters. The monoisotopic (exact) mass is 374 g/mol. The van der Waals surface area contributed by atoms with E-state index in [4.69, 9.17) is 9.84 Å². The normalized spacial score (nSPS) is 10.1. The van der Waals surface area contributed by atoms with Crippen LogP contribution in [0.4, 0.5) is 0 Å². The molecule has 0 spiro atoms. The summed E-state index contributed by atoms with van der Waals surface area (Å²) in [5.41, 5.74) is 1.23. The summed E-state index contributed by atoms with van der Waals surface area (Å²) in [6.07, 6.45) is 1.04. The standard InChI is InChI=1S/C18H26N2O2.2ClH/c1-2-22-18-9-8-15-6-3-4-7-16(15)17(18)14-20-11-5-10-19-12-13-21;;/h3-4,6-9,19-21H,2,5,10-14H2,1H3;2*1H. The molecule has 6 heteroatoms. The zero-order chi connectivity index (χ0) is 15.6. The van der Waals surface area contributed by atoms with Crippen LogP contribution in [-0.2, 0) is 6.54 Å². The van der Waals surface area contributed by atoms with Crippen molar-refractivity contribution in [3.8, 4) is 5.75 Å². The Kier molecular flexibility index (Phi) is 12.7. The lowest BCUT2D eigenvalue weighted by molar-refractivity contribution is 0.292. The lowest BCUT2D eigenvalue weighted by Crippen LogP contribution is -2.24. The number of aliphatic hydroxyl groups is 1. The fraction of sp³-hybridized carbons (Fsp3) is 0.444. The highest BCUT2D eigenvalue weighted by Gasteiger charge is 2.08. The number of ether oxygens (including phenoxy) is 1. The molecule has 3 N–H and O–H groups in total. The molecule has 0 heterocycles. The number of halogens is 2. The molecule has 0 fully saturated rings. The minimum absolute atomic E-state index is 0. The number of hydrogen-bond donors (Lipinski definition) is 3. The van der Waals surface area contributed by atoms with Gasteiger partial charge in [0.2, 0.25) is 0 Å². The maximum absolute atomic E-state index is 8.71. The van der Waals surface area contributed by atoms with Crippen molar-refractivity contribution in [3.05, 3.63) is 42.0 Å². The summed E-state index contributed by atoms with van der Waals surface area (Å²) in [4.78, 5) is 0. The number of benzene rings is 2. The van der Waals surface area contributed by atoms with Crippen LogP contribution in [0.5, 0.6) is 5.75 Å². The molecule has 0 bridgehead atoms. The van der Waals surface area contributed by atoms with Crippen LogP contribution in [0.15, 0.2) is 36.4 Å². The van der Waals surface area contributed by atoms with E-state index in [1.807, 2.05) is 6.92 Å². The average molecular weight is 375 g/mol. The predicted octanol–water partition coefficient (Wildman–Crippen LogP) is 3.14. The van der Waals surface area contributed by atoms with Crippen molar-refractivity contribution in [1.29, 1.82) is 0 Å². The van der Waals surface area contributed by atoms with Gasteiger partial charge >= 0.3 is 0 Å². The van der Waals surface area contributed by atoms with Crippen molar-refractivity contribution in [2.45, 2.75) is 19.9 Å². The highest BCUT2D eigenvalue weighted by Crippen LogP contribution is 2.28. The Morgan fingerprint density at radius 1 is 0.958 bits per heavy atom. The molecule has 0 radical (unpaired) electrons. The lowest BCUT2D eigenvalue weighted by atomic mass is 10.0. The number of aliphatic hydroxyl groups excluding tert-OH is 1. The Morgan fingerprint density at radius 2 is 1.71 bits per heavy atom. The third kappa shape index (κ3) is 6.83. The van der Waals surface area contributed by atoms with E-state index in [0.717, 1.165) is 31.8 Å². The Labute approximate surface area is 156 Å². The minimum atomic E-state index is 0. The fourth-order valence-electron chi connectivity index (χ4n) is 2.54. The molecule has 2 aromatic carbocycles. The number of rotatable bonds is 10. The number of hydrogen-bond acceptors (Lipinski definition) is 4. The van der Waals surface area contributed by atoms with Gasteiger partial charge in [0.15, 0.2) is 0 Å². The van der Waals surface area contributed by atoms with E-state index in [2.05, 4.69) is 47.0 Å². The molecular weight excluding hydrogens is 347 g/mol. The average Bonchev–Trinajstić information content (AvgIpc) is 2.55. The van der Waals surface area contributed by atoms with Gasteiger partial charge in [0, 0.05) is 18.7 Å². The van der Waals surface area contributed by atoms with E-state index >= 15 is 0 Å². The van der Waals surface area contributed by atoms with Crippen molar-refractivity contribution < 1.29 is 9.84 Å². The topological polar surface area (TPSA) is 53.5 Å². The summed E-state index contributed by atoms with van der Waals surface area (Å²) >= 11 is 0. The fourth-order valence-corrected chi connectivity index (χ4v) is 2.54. The molecule has 2 rings (SSSR count). The molecule has 0 unspecified atom stereocenters. The third-order valence-corrected chi connectivity index (χ3v) is 3.59. The largest absolute Gasteiger partial charge is 0.494 e. The predicted molar refractivity (Wildman–Crippen MR) is 106 cm³/mol. The van der Waals surface area contributed by atoms with Crippen molar-refractivity contribution >= 4 is 35.6 Å². The van der Waals surface area contributed by atoms with E-state index in [1.165, 1.54) is 16.3 Å². The maximum atomic E-state index is 8.71. The molecule has 136 valence electrons. The second-order valence-corrected chi connectivity index (χ2v) is 5.20. The summed E-state index contributed by atoms with van der Waals surface area (Å²) in [5.74, 6) is 0.965. The van der Waals surface area contributed by atoms with Crippen LogP contribution >= 0.6 is 24.8 Å². The first-order valence-electron chi connectivity index (χ1n) is 8.02. The number of fused-ring (bicyclic) bond motifs is 1. The minimum Gasteiger partial charge on any atom is -0.494 e. The summed E-state index contributed by atoms with van der Waals surface area (Å²) in [5, 5.41) is 17.9. The van der Waals surface area contributed by atoms with E-state index in [-0.39, 0.29) is 31.4 Å². The molecule has 24 heavy (non-hydrogen) atoms. The zero-order valence-electron chi connectivity index (χ0n) is 14.1.